The van der Waals surface area contributed by atoms with Crippen LogP contribution in [0.2, 0.25) is 0 Å². The van der Waals surface area contributed by atoms with Crippen LogP contribution in [0.15, 0.2) is 29.2 Å². The van der Waals surface area contributed by atoms with E-state index in [-0.39, 0.29) is 17.3 Å². The number of amides is 1. The number of rotatable bonds is 2. The molecule has 1 unspecified atom stereocenters. The summed E-state index contributed by atoms with van der Waals surface area (Å²) in [5.41, 5.74) is -0.393. The zero-order valence-corrected chi connectivity index (χ0v) is 14.5. The molecule has 6 nitrogen and oxygen atoms in total. The van der Waals surface area contributed by atoms with Crippen molar-refractivity contribution in [1.29, 1.82) is 0 Å². The summed E-state index contributed by atoms with van der Waals surface area (Å²) in [6, 6.07) is 5.46. The molecule has 24 heavy (non-hydrogen) atoms. The molecule has 0 aromatic heterocycles. The number of sulfonamides is 1. The third-order valence-electron chi connectivity index (χ3n) is 5.15. The third-order valence-corrected chi connectivity index (χ3v) is 7.03. The van der Waals surface area contributed by atoms with Crippen LogP contribution in [0.1, 0.15) is 19.3 Å². The van der Waals surface area contributed by atoms with Gasteiger partial charge in [0, 0.05) is 38.1 Å². The summed E-state index contributed by atoms with van der Waals surface area (Å²) >= 11 is 0. The molecule has 1 spiro atoms. The quantitative estimate of drug-likeness (QED) is 0.852. The number of benzene rings is 1. The average Bonchev–Trinajstić information content (AvgIpc) is 2.73. The van der Waals surface area contributed by atoms with E-state index in [4.69, 9.17) is 0 Å². The lowest BCUT2D eigenvalue weighted by molar-refractivity contribution is -0.121. The van der Waals surface area contributed by atoms with Gasteiger partial charge in [0.2, 0.25) is 15.9 Å². The number of carbonyl (C=O) groups is 1. The molecule has 2 aliphatic rings. The standard InChI is InChI=1S/C16H22FN3O3S/c1-19-10-11-20(12-16(19)7-6-15(21)18-9-8-16)24(22,23)14-5-3-2-4-13(14)17/h2-5H,6-12H2,1H3,(H,18,21). The third kappa shape index (κ3) is 3.05. The van der Waals surface area contributed by atoms with Gasteiger partial charge in [-0.1, -0.05) is 12.1 Å². The molecule has 1 amide bonds. The van der Waals surface area contributed by atoms with Crippen molar-refractivity contribution in [2.24, 2.45) is 0 Å². The van der Waals surface area contributed by atoms with Crippen molar-refractivity contribution in [2.75, 3.05) is 33.2 Å². The Hall–Kier alpha value is -1.51. The summed E-state index contributed by atoms with van der Waals surface area (Å²) in [5, 5.41) is 2.84. The number of piperazine rings is 1. The predicted octanol–water partition coefficient (Wildman–Crippen LogP) is 0.801. The SMILES string of the molecule is CN1CCN(S(=O)(=O)c2ccccc2F)CC12CCNC(=O)CC2. The smallest absolute Gasteiger partial charge is 0.246 e. The second kappa shape index (κ2) is 6.42. The first-order valence-corrected chi connectivity index (χ1v) is 9.52. The minimum Gasteiger partial charge on any atom is -0.356 e. The molecular formula is C16H22FN3O3S. The highest BCUT2D eigenvalue weighted by molar-refractivity contribution is 7.89. The Morgan fingerprint density at radius 2 is 1.96 bits per heavy atom. The number of carbonyl (C=O) groups excluding carboxylic acids is 1. The number of nitrogens with zero attached hydrogens (tertiary/aromatic N) is 2. The van der Waals surface area contributed by atoms with Crippen molar-refractivity contribution in [1.82, 2.24) is 14.5 Å². The van der Waals surface area contributed by atoms with Crippen LogP contribution in [-0.4, -0.2) is 62.3 Å². The zero-order chi connectivity index (χ0) is 17.4. The molecule has 1 aromatic carbocycles. The fourth-order valence-electron chi connectivity index (χ4n) is 3.56. The van der Waals surface area contributed by atoms with Gasteiger partial charge in [0.05, 0.1) is 0 Å². The number of hydrogen-bond donors (Lipinski definition) is 1. The van der Waals surface area contributed by atoms with Crippen molar-refractivity contribution < 1.29 is 17.6 Å². The summed E-state index contributed by atoms with van der Waals surface area (Å²) < 4.78 is 41.1. The lowest BCUT2D eigenvalue weighted by atomic mass is 9.87. The summed E-state index contributed by atoms with van der Waals surface area (Å²) in [5.74, 6) is -0.738. The summed E-state index contributed by atoms with van der Waals surface area (Å²) in [6.45, 7) is 1.67. The number of nitrogens with one attached hydrogen (secondary N) is 1. The summed E-state index contributed by atoms with van der Waals surface area (Å²) in [4.78, 5) is 13.5. The highest BCUT2D eigenvalue weighted by Gasteiger charge is 2.44. The Kier molecular flexibility index (Phi) is 4.63. The monoisotopic (exact) mass is 355 g/mol. The molecule has 2 fully saturated rings. The topological polar surface area (TPSA) is 69.7 Å². The molecule has 2 saturated heterocycles. The Morgan fingerprint density at radius 1 is 1.21 bits per heavy atom. The predicted molar refractivity (Wildman–Crippen MR) is 87.4 cm³/mol. The van der Waals surface area contributed by atoms with E-state index in [2.05, 4.69) is 10.2 Å². The molecule has 0 bridgehead atoms. The number of hydrogen-bond acceptors (Lipinski definition) is 4. The normalized spacial score (nSPS) is 27.0. The van der Waals surface area contributed by atoms with Crippen LogP contribution in [0.3, 0.4) is 0 Å². The maximum atomic E-state index is 14.0. The van der Waals surface area contributed by atoms with E-state index in [1.165, 1.54) is 22.5 Å². The molecule has 132 valence electrons. The number of likely N-dealkylation sites (N-methyl/N-ethyl adjacent to an activating group) is 1. The minimum atomic E-state index is -3.89. The van der Waals surface area contributed by atoms with Crippen LogP contribution >= 0.6 is 0 Å². The first kappa shape index (κ1) is 17.3. The highest BCUT2D eigenvalue weighted by atomic mass is 32.2. The van der Waals surface area contributed by atoms with E-state index in [0.717, 1.165) is 6.07 Å². The average molecular weight is 355 g/mol. The number of halogens is 1. The second-order valence-electron chi connectivity index (χ2n) is 6.51. The first-order valence-electron chi connectivity index (χ1n) is 8.08. The molecule has 2 heterocycles. The van der Waals surface area contributed by atoms with Crippen molar-refractivity contribution in [3.8, 4) is 0 Å². The Labute approximate surface area is 141 Å². The molecule has 0 saturated carbocycles. The minimum absolute atomic E-state index is 0.00522. The van der Waals surface area contributed by atoms with Gasteiger partial charge >= 0.3 is 0 Å². The Morgan fingerprint density at radius 3 is 2.71 bits per heavy atom. The Bertz CT molecular complexity index is 740. The fourth-order valence-corrected chi connectivity index (χ4v) is 5.13. The molecule has 2 aliphatic heterocycles. The van der Waals surface area contributed by atoms with Gasteiger partial charge in [0.25, 0.3) is 0 Å². The van der Waals surface area contributed by atoms with E-state index in [0.29, 0.717) is 38.9 Å². The van der Waals surface area contributed by atoms with Gasteiger partial charge in [-0.3, -0.25) is 9.69 Å². The highest BCUT2D eigenvalue weighted by Crippen LogP contribution is 2.33. The molecule has 3 rings (SSSR count). The molecule has 1 atom stereocenters. The lowest BCUT2D eigenvalue weighted by Crippen LogP contribution is -2.62. The van der Waals surface area contributed by atoms with Crippen LogP contribution in [0.25, 0.3) is 0 Å². The van der Waals surface area contributed by atoms with Crippen molar-refractivity contribution >= 4 is 15.9 Å². The van der Waals surface area contributed by atoms with Crippen LogP contribution in [0.4, 0.5) is 4.39 Å². The largest absolute Gasteiger partial charge is 0.356 e. The fraction of sp³-hybridized carbons (Fsp3) is 0.562. The van der Waals surface area contributed by atoms with E-state index in [1.807, 2.05) is 7.05 Å². The van der Waals surface area contributed by atoms with Gasteiger partial charge in [0.1, 0.15) is 10.7 Å². The molecule has 0 radical (unpaired) electrons. The molecule has 1 aromatic rings. The summed E-state index contributed by atoms with van der Waals surface area (Å²) in [7, 11) is -1.93. The van der Waals surface area contributed by atoms with E-state index in [1.54, 1.807) is 0 Å². The second-order valence-corrected chi connectivity index (χ2v) is 8.42. The lowest BCUT2D eigenvalue weighted by Gasteiger charge is -2.48. The van der Waals surface area contributed by atoms with Gasteiger partial charge in [-0.25, -0.2) is 12.8 Å². The van der Waals surface area contributed by atoms with E-state index >= 15 is 0 Å². The van der Waals surface area contributed by atoms with Gasteiger partial charge in [-0.05, 0) is 32.0 Å². The maximum absolute atomic E-state index is 14.0. The van der Waals surface area contributed by atoms with Crippen molar-refractivity contribution in [2.45, 2.75) is 29.7 Å². The van der Waals surface area contributed by atoms with Gasteiger partial charge in [-0.15, -0.1) is 0 Å². The van der Waals surface area contributed by atoms with E-state index < -0.39 is 21.4 Å². The summed E-state index contributed by atoms with van der Waals surface area (Å²) in [6.07, 6.45) is 1.65. The van der Waals surface area contributed by atoms with Crippen LogP contribution < -0.4 is 5.32 Å². The molecule has 1 N–H and O–H groups in total. The first-order chi connectivity index (χ1) is 11.3. The molecule has 8 heteroatoms. The Balaban J connectivity index is 1.90. The van der Waals surface area contributed by atoms with E-state index in [9.17, 15) is 17.6 Å². The van der Waals surface area contributed by atoms with Gasteiger partial charge in [-0.2, -0.15) is 4.31 Å². The zero-order valence-electron chi connectivity index (χ0n) is 13.7. The van der Waals surface area contributed by atoms with Crippen LogP contribution in [0.5, 0.6) is 0 Å². The molecule has 0 aliphatic carbocycles. The van der Waals surface area contributed by atoms with Crippen molar-refractivity contribution in [3.63, 3.8) is 0 Å². The van der Waals surface area contributed by atoms with Crippen molar-refractivity contribution in [3.05, 3.63) is 30.1 Å². The van der Waals surface area contributed by atoms with Gasteiger partial charge < -0.3 is 5.32 Å². The maximum Gasteiger partial charge on any atom is 0.246 e. The molecular weight excluding hydrogens is 333 g/mol. The van der Waals surface area contributed by atoms with Gasteiger partial charge in [0.15, 0.2) is 0 Å². The van der Waals surface area contributed by atoms with Crippen LogP contribution in [0, 0.1) is 5.82 Å². The van der Waals surface area contributed by atoms with Crippen LogP contribution in [-0.2, 0) is 14.8 Å².